The van der Waals surface area contributed by atoms with E-state index in [-0.39, 0.29) is 16.9 Å². The van der Waals surface area contributed by atoms with Gasteiger partial charge in [-0.3, -0.25) is 0 Å². The Morgan fingerprint density at radius 3 is 2.27 bits per heavy atom. The number of esters is 1. The topological polar surface area (TPSA) is 63.6 Å². The van der Waals surface area contributed by atoms with Crippen molar-refractivity contribution in [3.8, 4) is 0 Å². The normalized spacial score (nSPS) is 11.7. The molecule has 0 aliphatic carbocycles. The lowest BCUT2D eigenvalue weighted by Crippen LogP contribution is -2.19. The first kappa shape index (κ1) is 15.7. The van der Waals surface area contributed by atoms with E-state index in [0.717, 1.165) is 5.56 Å². The number of hydrogen-bond acceptors (Lipinski definition) is 3. The predicted molar refractivity (Wildman–Crippen MR) is 78.4 cm³/mol. The molecule has 114 valence electrons. The lowest BCUT2D eigenvalue weighted by Gasteiger charge is -2.14. The third kappa shape index (κ3) is 3.91. The zero-order chi connectivity index (χ0) is 16.1. The van der Waals surface area contributed by atoms with Gasteiger partial charge in [-0.15, -0.1) is 0 Å². The van der Waals surface area contributed by atoms with E-state index in [4.69, 9.17) is 9.84 Å². The lowest BCUT2D eigenvalue weighted by molar-refractivity contribution is 0.0336. The minimum Gasteiger partial charge on any atom is -0.478 e. The molecule has 0 aliphatic rings. The van der Waals surface area contributed by atoms with Gasteiger partial charge in [0.15, 0.2) is 0 Å². The van der Waals surface area contributed by atoms with Crippen molar-refractivity contribution in [3.05, 3.63) is 71.0 Å². The molecule has 0 unspecified atom stereocenters. The molecule has 4 nitrogen and oxygen atoms in total. The number of aromatic carboxylic acids is 1. The minimum absolute atomic E-state index is 0.0148. The first-order valence-corrected chi connectivity index (χ1v) is 6.75. The Hall–Kier alpha value is -2.69. The fourth-order valence-electron chi connectivity index (χ4n) is 2.09. The molecule has 0 radical (unpaired) electrons. The fraction of sp³-hybridized carbons (Fsp3) is 0.176. The molecule has 0 aliphatic heterocycles. The van der Waals surface area contributed by atoms with E-state index in [1.807, 2.05) is 0 Å². The van der Waals surface area contributed by atoms with Crippen molar-refractivity contribution in [2.75, 3.05) is 0 Å². The van der Waals surface area contributed by atoms with Gasteiger partial charge >= 0.3 is 11.9 Å². The molecule has 2 rings (SSSR count). The minimum atomic E-state index is -1.18. The van der Waals surface area contributed by atoms with Crippen LogP contribution in [-0.4, -0.2) is 23.1 Å². The number of hydrogen-bond donors (Lipinski definition) is 1. The van der Waals surface area contributed by atoms with Crippen LogP contribution in [0.1, 0.15) is 33.2 Å². The van der Waals surface area contributed by atoms with Crippen LogP contribution in [0.3, 0.4) is 0 Å². The molecular formula is C17H15FO4. The molecule has 1 atom stereocenters. The first-order chi connectivity index (χ1) is 10.5. The van der Waals surface area contributed by atoms with Crippen LogP contribution < -0.4 is 0 Å². The molecule has 2 aromatic carbocycles. The van der Waals surface area contributed by atoms with E-state index in [0.29, 0.717) is 6.42 Å². The first-order valence-electron chi connectivity index (χ1n) is 6.75. The van der Waals surface area contributed by atoms with Crippen molar-refractivity contribution in [2.45, 2.75) is 19.4 Å². The van der Waals surface area contributed by atoms with Crippen molar-refractivity contribution >= 4 is 11.9 Å². The summed E-state index contributed by atoms with van der Waals surface area (Å²) in [5.41, 5.74) is 0.746. The summed E-state index contributed by atoms with van der Waals surface area (Å²) in [5.74, 6) is -2.20. The van der Waals surface area contributed by atoms with Crippen molar-refractivity contribution in [2.24, 2.45) is 0 Å². The van der Waals surface area contributed by atoms with Gasteiger partial charge in [-0.05, 0) is 36.8 Å². The van der Waals surface area contributed by atoms with Gasteiger partial charge in [-0.2, -0.15) is 0 Å². The van der Waals surface area contributed by atoms with E-state index < -0.39 is 18.0 Å². The molecule has 22 heavy (non-hydrogen) atoms. The molecule has 2 aromatic rings. The third-order valence-electron chi connectivity index (χ3n) is 3.12. The van der Waals surface area contributed by atoms with Gasteiger partial charge in [0.25, 0.3) is 0 Å². The van der Waals surface area contributed by atoms with Gasteiger partial charge in [-0.25, -0.2) is 14.0 Å². The van der Waals surface area contributed by atoms with Crippen molar-refractivity contribution in [1.29, 1.82) is 0 Å². The molecule has 0 saturated carbocycles. The predicted octanol–water partition coefficient (Wildman–Crippen LogP) is 3.31. The number of halogens is 1. The zero-order valence-electron chi connectivity index (χ0n) is 12.0. The lowest BCUT2D eigenvalue weighted by atomic mass is 10.1. The van der Waals surface area contributed by atoms with E-state index in [9.17, 15) is 14.0 Å². The summed E-state index contributed by atoms with van der Waals surface area (Å²) < 4.78 is 18.1. The molecule has 0 aromatic heterocycles. The number of carbonyl (C=O) groups excluding carboxylic acids is 1. The second-order valence-corrected chi connectivity index (χ2v) is 4.90. The van der Waals surface area contributed by atoms with E-state index >= 15 is 0 Å². The number of carboxylic acid groups (broad SMARTS) is 1. The maximum atomic E-state index is 12.8. The van der Waals surface area contributed by atoms with Crippen LogP contribution in [0, 0.1) is 5.82 Å². The maximum absolute atomic E-state index is 12.8. The Balaban J connectivity index is 2.05. The average molecular weight is 302 g/mol. The average Bonchev–Trinajstić information content (AvgIpc) is 2.49. The van der Waals surface area contributed by atoms with Crippen LogP contribution in [0.25, 0.3) is 0 Å². The van der Waals surface area contributed by atoms with Gasteiger partial charge in [-0.1, -0.05) is 24.3 Å². The summed E-state index contributed by atoms with van der Waals surface area (Å²) in [6, 6.07) is 11.8. The fourth-order valence-corrected chi connectivity index (χ4v) is 2.09. The van der Waals surface area contributed by atoms with Crippen molar-refractivity contribution in [3.63, 3.8) is 0 Å². The number of carbonyl (C=O) groups is 2. The standard InChI is InChI=1S/C17H15FO4/c1-11(10-12-6-8-13(18)9-7-12)22-17(21)15-5-3-2-4-14(15)16(19)20/h2-9,11H,10H2,1H3,(H,19,20)/t11-/m1/s1. The van der Waals surface area contributed by atoms with Gasteiger partial charge in [0, 0.05) is 6.42 Å². The van der Waals surface area contributed by atoms with Gasteiger partial charge in [0.1, 0.15) is 11.9 Å². The highest BCUT2D eigenvalue weighted by atomic mass is 19.1. The molecule has 5 heteroatoms. The SMILES string of the molecule is C[C@H](Cc1ccc(F)cc1)OC(=O)c1ccccc1C(=O)O. The summed E-state index contributed by atoms with van der Waals surface area (Å²) >= 11 is 0. The van der Waals surface area contributed by atoms with Crippen molar-refractivity contribution in [1.82, 2.24) is 0 Å². The summed E-state index contributed by atoms with van der Waals surface area (Å²) in [7, 11) is 0. The second kappa shape index (κ2) is 6.85. The van der Waals surface area contributed by atoms with Gasteiger partial charge in [0.05, 0.1) is 11.1 Å². The van der Waals surface area contributed by atoms with Crippen LogP contribution in [0.2, 0.25) is 0 Å². The Bertz CT molecular complexity index is 679. The van der Waals surface area contributed by atoms with E-state index in [1.54, 1.807) is 31.2 Å². The van der Waals surface area contributed by atoms with Gasteiger partial charge < -0.3 is 9.84 Å². The Morgan fingerprint density at radius 2 is 1.68 bits per heavy atom. The molecule has 0 spiro atoms. The highest BCUT2D eigenvalue weighted by Gasteiger charge is 2.19. The summed E-state index contributed by atoms with van der Waals surface area (Å²) in [6.07, 6.45) is -0.0406. The molecule has 0 heterocycles. The summed E-state index contributed by atoms with van der Waals surface area (Å²) in [6.45, 7) is 1.70. The van der Waals surface area contributed by atoms with Crippen LogP contribution in [0.5, 0.6) is 0 Å². The third-order valence-corrected chi connectivity index (χ3v) is 3.12. The van der Waals surface area contributed by atoms with Crippen LogP contribution in [0.4, 0.5) is 4.39 Å². The number of rotatable bonds is 5. The largest absolute Gasteiger partial charge is 0.478 e. The van der Waals surface area contributed by atoms with Crippen LogP contribution in [0.15, 0.2) is 48.5 Å². The van der Waals surface area contributed by atoms with Crippen LogP contribution in [-0.2, 0) is 11.2 Å². The van der Waals surface area contributed by atoms with Gasteiger partial charge in [0.2, 0.25) is 0 Å². The second-order valence-electron chi connectivity index (χ2n) is 4.90. The van der Waals surface area contributed by atoms with E-state index in [1.165, 1.54) is 24.3 Å². The quantitative estimate of drug-likeness (QED) is 0.861. The molecule has 0 amide bonds. The highest BCUT2D eigenvalue weighted by molar-refractivity contribution is 6.02. The highest BCUT2D eigenvalue weighted by Crippen LogP contribution is 2.13. The maximum Gasteiger partial charge on any atom is 0.339 e. The molecule has 0 bridgehead atoms. The number of ether oxygens (including phenoxy) is 1. The molecule has 0 saturated heterocycles. The molecular weight excluding hydrogens is 287 g/mol. The van der Waals surface area contributed by atoms with Crippen molar-refractivity contribution < 1.29 is 23.8 Å². The summed E-state index contributed by atoms with van der Waals surface area (Å²) in [4.78, 5) is 23.2. The number of carboxylic acids is 1. The summed E-state index contributed by atoms with van der Waals surface area (Å²) in [5, 5.41) is 9.07. The van der Waals surface area contributed by atoms with E-state index in [2.05, 4.69) is 0 Å². The zero-order valence-corrected chi connectivity index (χ0v) is 12.0. The van der Waals surface area contributed by atoms with Crippen LogP contribution >= 0.6 is 0 Å². The number of benzene rings is 2. The Kier molecular flexibility index (Phi) is 4.88. The smallest absolute Gasteiger partial charge is 0.339 e. The molecule has 0 fully saturated rings. The Labute approximate surface area is 127 Å². The monoisotopic (exact) mass is 302 g/mol. The Morgan fingerprint density at radius 1 is 1.09 bits per heavy atom. The molecule has 1 N–H and O–H groups in total.